The van der Waals surface area contributed by atoms with Crippen molar-refractivity contribution in [3.05, 3.63) is 38.4 Å². The van der Waals surface area contributed by atoms with Gasteiger partial charge in [0.15, 0.2) is 4.90 Å². The van der Waals surface area contributed by atoms with Crippen molar-refractivity contribution in [1.29, 1.82) is 0 Å². The molecule has 1 aliphatic heterocycles. The van der Waals surface area contributed by atoms with Gasteiger partial charge in [-0.25, -0.2) is 8.42 Å². The van der Waals surface area contributed by atoms with E-state index in [1.54, 1.807) is 0 Å². The molecule has 1 heterocycles. The van der Waals surface area contributed by atoms with Gasteiger partial charge in [-0.2, -0.15) is 4.31 Å². The van der Waals surface area contributed by atoms with Crippen LogP contribution in [0.25, 0.3) is 0 Å². The van der Waals surface area contributed by atoms with Crippen molar-refractivity contribution in [1.82, 2.24) is 4.31 Å². The van der Waals surface area contributed by atoms with Crippen LogP contribution < -0.4 is 0 Å². The first kappa shape index (κ1) is 15.3. The number of hydrogen-bond donors (Lipinski definition) is 0. The summed E-state index contributed by atoms with van der Waals surface area (Å²) >= 11 is 0. The molecule has 0 unspecified atom stereocenters. The van der Waals surface area contributed by atoms with Crippen LogP contribution in [0.1, 0.15) is 0 Å². The van der Waals surface area contributed by atoms with E-state index in [4.69, 9.17) is 4.74 Å². The molecule has 0 radical (unpaired) electrons. The first-order valence-corrected chi connectivity index (χ1v) is 7.29. The molecule has 1 fully saturated rings. The lowest BCUT2D eigenvalue weighted by Crippen LogP contribution is -2.40. The van der Waals surface area contributed by atoms with Crippen LogP contribution in [0.3, 0.4) is 0 Å². The molecule has 0 amide bonds. The van der Waals surface area contributed by atoms with Gasteiger partial charge in [-0.3, -0.25) is 20.2 Å². The third kappa shape index (κ3) is 2.84. The van der Waals surface area contributed by atoms with Crippen LogP contribution in [0.2, 0.25) is 0 Å². The second-order valence-corrected chi connectivity index (χ2v) is 6.06. The Morgan fingerprint density at radius 2 is 1.71 bits per heavy atom. The van der Waals surface area contributed by atoms with Gasteiger partial charge >= 0.3 is 11.4 Å². The SMILES string of the molecule is O=[N+]([O-])c1cccc(S(=O)(=O)N2CCOCC2)c1[N+](=O)[O-]. The number of nitrogens with zero attached hydrogens (tertiary/aromatic N) is 3. The van der Waals surface area contributed by atoms with E-state index in [1.165, 1.54) is 0 Å². The molecular weight excluding hydrogens is 306 g/mol. The highest BCUT2D eigenvalue weighted by Gasteiger charge is 2.38. The van der Waals surface area contributed by atoms with Crippen LogP contribution in [0, 0.1) is 20.2 Å². The Balaban J connectivity index is 2.60. The van der Waals surface area contributed by atoms with Crippen molar-refractivity contribution in [3.63, 3.8) is 0 Å². The summed E-state index contributed by atoms with van der Waals surface area (Å²) in [6.45, 7) is 0.425. The van der Waals surface area contributed by atoms with Crippen LogP contribution >= 0.6 is 0 Å². The number of hydrogen-bond acceptors (Lipinski definition) is 7. The smallest absolute Gasteiger partial charge is 0.365 e. The molecule has 114 valence electrons. The van der Waals surface area contributed by atoms with Crippen LogP contribution in [0.15, 0.2) is 23.1 Å². The minimum atomic E-state index is -4.19. The van der Waals surface area contributed by atoms with E-state index in [0.29, 0.717) is 0 Å². The molecule has 0 aromatic heterocycles. The van der Waals surface area contributed by atoms with E-state index < -0.39 is 36.1 Å². The highest BCUT2D eigenvalue weighted by molar-refractivity contribution is 7.89. The lowest BCUT2D eigenvalue weighted by molar-refractivity contribution is -0.424. The summed E-state index contributed by atoms with van der Waals surface area (Å²) in [4.78, 5) is 19.2. The van der Waals surface area contributed by atoms with Gasteiger partial charge in [-0.05, 0) is 6.07 Å². The summed E-state index contributed by atoms with van der Waals surface area (Å²) in [6, 6.07) is 3.00. The quantitative estimate of drug-likeness (QED) is 0.584. The molecule has 0 bridgehead atoms. The van der Waals surface area contributed by atoms with Gasteiger partial charge in [0.2, 0.25) is 10.0 Å². The van der Waals surface area contributed by atoms with Crippen molar-refractivity contribution in [2.75, 3.05) is 26.3 Å². The molecule has 1 aromatic rings. The summed E-state index contributed by atoms with van der Waals surface area (Å²) in [5.41, 5.74) is -1.87. The second-order valence-electron chi connectivity index (χ2n) is 4.15. The maximum atomic E-state index is 12.4. The third-order valence-electron chi connectivity index (χ3n) is 2.94. The molecule has 0 spiro atoms. The summed E-state index contributed by atoms with van der Waals surface area (Å²) in [6.07, 6.45) is 0. The zero-order valence-corrected chi connectivity index (χ0v) is 11.5. The fraction of sp³-hybridized carbons (Fsp3) is 0.400. The van der Waals surface area contributed by atoms with Crippen LogP contribution in [0.5, 0.6) is 0 Å². The molecule has 21 heavy (non-hydrogen) atoms. The van der Waals surface area contributed by atoms with E-state index in [-0.39, 0.29) is 26.3 Å². The number of para-hydroxylation sites is 1. The molecule has 1 aromatic carbocycles. The number of rotatable bonds is 4. The van der Waals surface area contributed by atoms with Crippen LogP contribution in [-0.2, 0) is 14.8 Å². The Hall–Kier alpha value is -2.11. The van der Waals surface area contributed by atoms with Crippen molar-refractivity contribution in [2.45, 2.75) is 4.90 Å². The van der Waals surface area contributed by atoms with Gasteiger partial charge in [-0.15, -0.1) is 0 Å². The number of sulfonamides is 1. The average Bonchev–Trinajstić information content (AvgIpc) is 2.47. The van der Waals surface area contributed by atoms with Gasteiger partial charge in [0.1, 0.15) is 0 Å². The zero-order valence-electron chi connectivity index (χ0n) is 10.7. The standard InChI is InChI=1S/C10H11N3O7S/c14-12(15)8-2-1-3-9(10(8)13(16)17)21(18,19)11-4-6-20-7-5-11/h1-3H,4-7H2. The molecule has 0 atom stereocenters. The largest absolute Gasteiger partial charge is 0.379 e. The van der Waals surface area contributed by atoms with E-state index in [9.17, 15) is 28.6 Å². The summed E-state index contributed by atoms with van der Waals surface area (Å²) < 4.78 is 30.9. The van der Waals surface area contributed by atoms with Crippen molar-refractivity contribution in [2.24, 2.45) is 0 Å². The maximum absolute atomic E-state index is 12.4. The number of benzene rings is 1. The summed E-state index contributed by atoms with van der Waals surface area (Å²) in [5.74, 6) is 0. The molecule has 1 saturated heterocycles. The minimum Gasteiger partial charge on any atom is -0.379 e. The average molecular weight is 317 g/mol. The monoisotopic (exact) mass is 317 g/mol. The number of nitro benzene ring substituents is 2. The molecule has 2 rings (SSSR count). The van der Waals surface area contributed by atoms with Crippen molar-refractivity contribution < 1.29 is 23.0 Å². The van der Waals surface area contributed by atoms with E-state index in [1.807, 2.05) is 0 Å². The molecular formula is C10H11N3O7S. The molecule has 10 nitrogen and oxygen atoms in total. The lowest BCUT2D eigenvalue weighted by atomic mass is 10.3. The Bertz CT molecular complexity index is 682. The number of ether oxygens (including phenoxy) is 1. The maximum Gasteiger partial charge on any atom is 0.365 e. The van der Waals surface area contributed by atoms with Crippen molar-refractivity contribution in [3.8, 4) is 0 Å². The summed E-state index contributed by atoms with van der Waals surface area (Å²) in [7, 11) is -4.19. The Morgan fingerprint density at radius 3 is 2.24 bits per heavy atom. The predicted molar refractivity (Wildman–Crippen MR) is 69.3 cm³/mol. The Labute approximate surface area is 119 Å². The molecule has 0 aliphatic carbocycles. The van der Waals surface area contributed by atoms with Gasteiger partial charge in [-0.1, -0.05) is 6.07 Å². The Morgan fingerprint density at radius 1 is 1.10 bits per heavy atom. The molecule has 0 saturated carbocycles. The third-order valence-corrected chi connectivity index (χ3v) is 4.88. The first-order chi connectivity index (χ1) is 9.85. The predicted octanol–water partition coefficient (Wildman–Crippen LogP) is 0.524. The van der Waals surface area contributed by atoms with E-state index >= 15 is 0 Å². The van der Waals surface area contributed by atoms with Crippen molar-refractivity contribution >= 4 is 21.4 Å². The first-order valence-electron chi connectivity index (χ1n) is 5.85. The fourth-order valence-electron chi connectivity index (χ4n) is 1.98. The van der Waals surface area contributed by atoms with Gasteiger partial charge < -0.3 is 4.74 Å². The molecule has 0 N–H and O–H groups in total. The van der Waals surface area contributed by atoms with E-state index in [2.05, 4.69) is 0 Å². The van der Waals surface area contributed by atoms with Gasteiger partial charge in [0, 0.05) is 19.2 Å². The van der Waals surface area contributed by atoms with E-state index in [0.717, 1.165) is 22.5 Å². The summed E-state index contributed by atoms with van der Waals surface area (Å²) in [5, 5.41) is 21.9. The topological polar surface area (TPSA) is 133 Å². The Kier molecular flexibility index (Phi) is 4.16. The fourth-order valence-corrected chi connectivity index (χ4v) is 3.56. The normalized spacial score (nSPS) is 16.6. The molecule has 11 heteroatoms. The second kappa shape index (κ2) is 5.71. The highest BCUT2D eigenvalue weighted by atomic mass is 32.2. The van der Waals surface area contributed by atoms with Gasteiger partial charge in [0.25, 0.3) is 0 Å². The number of nitro groups is 2. The van der Waals surface area contributed by atoms with Crippen LogP contribution in [0.4, 0.5) is 11.4 Å². The van der Waals surface area contributed by atoms with Crippen LogP contribution in [-0.4, -0.2) is 48.9 Å². The highest BCUT2D eigenvalue weighted by Crippen LogP contribution is 2.35. The molecule has 1 aliphatic rings. The minimum absolute atomic E-state index is 0.0438. The lowest BCUT2D eigenvalue weighted by Gasteiger charge is -2.25. The van der Waals surface area contributed by atoms with Gasteiger partial charge in [0.05, 0.1) is 23.1 Å². The zero-order chi connectivity index (χ0) is 15.6. The number of morpholine rings is 1.